The lowest BCUT2D eigenvalue weighted by molar-refractivity contribution is -0.385. The van der Waals surface area contributed by atoms with Gasteiger partial charge in [0.1, 0.15) is 12.4 Å². The molecule has 0 atom stereocenters. The van der Waals surface area contributed by atoms with Crippen LogP contribution in [0.15, 0.2) is 36.7 Å². The van der Waals surface area contributed by atoms with E-state index in [9.17, 15) is 19.7 Å². The van der Waals surface area contributed by atoms with Gasteiger partial charge in [-0.1, -0.05) is 12.1 Å². The predicted octanol–water partition coefficient (Wildman–Crippen LogP) is 2.41. The van der Waals surface area contributed by atoms with Crippen molar-refractivity contribution < 1.29 is 14.5 Å². The lowest BCUT2D eigenvalue weighted by Gasteiger charge is -2.06. The molecule has 0 aliphatic rings. The zero-order valence-electron chi connectivity index (χ0n) is 12.6. The number of anilines is 1. The molecule has 1 N–H and O–H groups in total. The average molecular weight is 316 g/mol. The number of nitro groups is 1. The van der Waals surface area contributed by atoms with E-state index in [-0.39, 0.29) is 23.8 Å². The standard InChI is InChI=1S/C15H16N4O4/c1-11(20)12-4-2-5-13(8-12)17-15(21)6-3-7-18-10-14(9-16-18)19(22)23/h2,4-5,8-10H,3,6-7H2,1H3,(H,17,21). The number of aryl methyl sites for hydroxylation is 1. The lowest BCUT2D eigenvalue weighted by Crippen LogP contribution is -2.13. The number of Topliss-reactive ketones (excluding diaryl/α,β-unsaturated/α-hetero) is 1. The molecule has 8 heteroatoms. The van der Waals surface area contributed by atoms with E-state index in [1.165, 1.54) is 24.0 Å². The van der Waals surface area contributed by atoms with Gasteiger partial charge >= 0.3 is 5.69 Å². The minimum Gasteiger partial charge on any atom is -0.326 e. The number of rotatable bonds is 7. The minimum atomic E-state index is -0.516. The fourth-order valence-corrected chi connectivity index (χ4v) is 2.01. The molecule has 8 nitrogen and oxygen atoms in total. The molecule has 0 fully saturated rings. The third-order valence-corrected chi connectivity index (χ3v) is 3.17. The van der Waals surface area contributed by atoms with Crippen LogP contribution in [-0.4, -0.2) is 26.4 Å². The first-order valence-corrected chi connectivity index (χ1v) is 7.03. The number of aromatic nitrogens is 2. The molecule has 1 aromatic carbocycles. The van der Waals surface area contributed by atoms with Crippen molar-refractivity contribution >= 4 is 23.1 Å². The van der Waals surface area contributed by atoms with Gasteiger partial charge in [0, 0.05) is 24.2 Å². The smallest absolute Gasteiger partial charge is 0.306 e. The molecule has 1 aromatic heterocycles. The Morgan fingerprint density at radius 3 is 2.83 bits per heavy atom. The number of nitrogens with one attached hydrogen (secondary N) is 1. The summed E-state index contributed by atoms with van der Waals surface area (Å²) in [6.45, 7) is 1.87. The van der Waals surface area contributed by atoms with E-state index in [0.29, 0.717) is 24.2 Å². The van der Waals surface area contributed by atoms with Crippen LogP contribution in [0.5, 0.6) is 0 Å². The van der Waals surface area contributed by atoms with Crippen molar-refractivity contribution in [3.8, 4) is 0 Å². The van der Waals surface area contributed by atoms with Crippen LogP contribution in [0.1, 0.15) is 30.1 Å². The average Bonchev–Trinajstić information content (AvgIpc) is 2.96. The van der Waals surface area contributed by atoms with Crippen molar-refractivity contribution in [2.75, 3.05) is 5.32 Å². The largest absolute Gasteiger partial charge is 0.326 e. The summed E-state index contributed by atoms with van der Waals surface area (Å²) in [4.78, 5) is 33.2. The molecule has 0 radical (unpaired) electrons. The first kappa shape index (κ1) is 16.3. The van der Waals surface area contributed by atoms with E-state index in [1.54, 1.807) is 24.3 Å². The van der Waals surface area contributed by atoms with E-state index in [1.807, 2.05) is 0 Å². The fourth-order valence-electron chi connectivity index (χ4n) is 2.01. The number of hydrogen-bond donors (Lipinski definition) is 1. The predicted molar refractivity (Wildman–Crippen MR) is 83.2 cm³/mol. The molecule has 120 valence electrons. The lowest BCUT2D eigenvalue weighted by atomic mass is 10.1. The van der Waals surface area contributed by atoms with Gasteiger partial charge in [0.15, 0.2) is 5.78 Å². The van der Waals surface area contributed by atoms with Gasteiger partial charge < -0.3 is 5.32 Å². The molecule has 0 aliphatic carbocycles. The third-order valence-electron chi connectivity index (χ3n) is 3.17. The summed E-state index contributed by atoms with van der Waals surface area (Å²) in [5.41, 5.74) is 1.03. The molecule has 2 aromatic rings. The van der Waals surface area contributed by atoms with Crippen LogP contribution >= 0.6 is 0 Å². The quantitative estimate of drug-likeness (QED) is 0.479. The van der Waals surface area contributed by atoms with Crippen LogP contribution in [0.2, 0.25) is 0 Å². The zero-order chi connectivity index (χ0) is 16.8. The highest BCUT2D eigenvalue weighted by molar-refractivity contribution is 5.97. The Bertz CT molecular complexity index is 739. The van der Waals surface area contributed by atoms with Crippen LogP contribution in [0.25, 0.3) is 0 Å². The van der Waals surface area contributed by atoms with Gasteiger partial charge in [-0.3, -0.25) is 24.4 Å². The van der Waals surface area contributed by atoms with Crippen LogP contribution in [0, 0.1) is 10.1 Å². The van der Waals surface area contributed by atoms with Gasteiger partial charge in [-0.15, -0.1) is 0 Å². The minimum absolute atomic E-state index is 0.0682. The number of ketones is 1. The summed E-state index contributed by atoms with van der Waals surface area (Å²) < 4.78 is 1.43. The Morgan fingerprint density at radius 2 is 2.17 bits per heavy atom. The second kappa shape index (κ2) is 7.30. The highest BCUT2D eigenvalue weighted by atomic mass is 16.6. The summed E-state index contributed by atoms with van der Waals surface area (Å²) in [5.74, 6) is -0.256. The van der Waals surface area contributed by atoms with Crippen molar-refractivity contribution in [1.82, 2.24) is 9.78 Å². The van der Waals surface area contributed by atoms with Gasteiger partial charge in [0.2, 0.25) is 5.91 Å². The van der Waals surface area contributed by atoms with Crippen molar-refractivity contribution in [2.24, 2.45) is 0 Å². The Labute approximate surface area is 132 Å². The van der Waals surface area contributed by atoms with Gasteiger partial charge in [0.25, 0.3) is 0 Å². The number of benzene rings is 1. The molecule has 0 unspecified atom stereocenters. The van der Waals surface area contributed by atoms with Gasteiger partial charge in [-0.05, 0) is 25.5 Å². The van der Waals surface area contributed by atoms with E-state index < -0.39 is 4.92 Å². The fraction of sp³-hybridized carbons (Fsp3) is 0.267. The molecule has 0 saturated carbocycles. The molecule has 23 heavy (non-hydrogen) atoms. The van der Waals surface area contributed by atoms with E-state index >= 15 is 0 Å². The molecule has 1 amide bonds. The maximum atomic E-state index is 11.9. The molecule has 0 spiro atoms. The monoisotopic (exact) mass is 316 g/mol. The van der Waals surface area contributed by atoms with E-state index in [2.05, 4.69) is 10.4 Å². The number of carbonyl (C=O) groups excluding carboxylic acids is 2. The number of hydrogen-bond acceptors (Lipinski definition) is 5. The Morgan fingerprint density at radius 1 is 1.39 bits per heavy atom. The second-order valence-corrected chi connectivity index (χ2v) is 5.01. The third kappa shape index (κ3) is 4.73. The summed E-state index contributed by atoms with van der Waals surface area (Å²) in [5, 5.41) is 17.1. The second-order valence-electron chi connectivity index (χ2n) is 5.01. The Balaban J connectivity index is 1.82. The number of carbonyl (C=O) groups is 2. The summed E-state index contributed by atoms with van der Waals surface area (Å²) in [7, 11) is 0. The highest BCUT2D eigenvalue weighted by Crippen LogP contribution is 2.12. The van der Waals surface area contributed by atoms with Crippen LogP contribution in [0.3, 0.4) is 0 Å². The normalized spacial score (nSPS) is 10.3. The van der Waals surface area contributed by atoms with Gasteiger partial charge in [-0.2, -0.15) is 5.10 Å². The highest BCUT2D eigenvalue weighted by Gasteiger charge is 2.09. The SMILES string of the molecule is CC(=O)c1cccc(NC(=O)CCCn2cc([N+](=O)[O-])cn2)c1. The number of nitrogens with zero attached hydrogens (tertiary/aromatic N) is 3. The van der Waals surface area contributed by atoms with Crippen molar-refractivity contribution in [3.63, 3.8) is 0 Å². The molecule has 2 rings (SSSR count). The number of amides is 1. The topological polar surface area (TPSA) is 107 Å². The summed E-state index contributed by atoms with van der Waals surface area (Å²) in [6.07, 6.45) is 3.25. The van der Waals surface area contributed by atoms with Crippen molar-refractivity contribution in [3.05, 3.63) is 52.3 Å². The Kier molecular flexibility index (Phi) is 5.19. The molecular formula is C15H16N4O4. The van der Waals surface area contributed by atoms with Crippen molar-refractivity contribution in [1.29, 1.82) is 0 Å². The maximum absolute atomic E-state index is 11.9. The maximum Gasteiger partial charge on any atom is 0.306 e. The summed E-state index contributed by atoms with van der Waals surface area (Å²) >= 11 is 0. The molecule has 1 heterocycles. The van der Waals surface area contributed by atoms with Gasteiger partial charge in [0.05, 0.1) is 4.92 Å². The first-order chi connectivity index (χ1) is 11.0. The molecular weight excluding hydrogens is 300 g/mol. The summed E-state index contributed by atoms with van der Waals surface area (Å²) in [6, 6.07) is 6.72. The van der Waals surface area contributed by atoms with E-state index in [4.69, 9.17) is 0 Å². The van der Waals surface area contributed by atoms with Crippen LogP contribution in [0.4, 0.5) is 11.4 Å². The van der Waals surface area contributed by atoms with Crippen LogP contribution < -0.4 is 5.32 Å². The van der Waals surface area contributed by atoms with E-state index in [0.717, 1.165) is 0 Å². The van der Waals surface area contributed by atoms with Crippen LogP contribution in [-0.2, 0) is 11.3 Å². The first-order valence-electron chi connectivity index (χ1n) is 7.03. The molecule has 0 saturated heterocycles. The van der Waals surface area contributed by atoms with Gasteiger partial charge in [-0.25, -0.2) is 0 Å². The van der Waals surface area contributed by atoms with Crippen molar-refractivity contribution in [2.45, 2.75) is 26.3 Å². The molecule has 0 aliphatic heterocycles. The molecule has 0 bridgehead atoms. The Hall–Kier alpha value is -3.03. The zero-order valence-corrected chi connectivity index (χ0v) is 12.6.